The van der Waals surface area contributed by atoms with Gasteiger partial charge in [0.1, 0.15) is 6.10 Å². The van der Waals surface area contributed by atoms with Gasteiger partial charge in [-0.3, -0.25) is 4.79 Å². The highest BCUT2D eigenvalue weighted by molar-refractivity contribution is 5.66. The SMILES string of the molecule is O=C(O)CCCC=CCC1C(O)CC(O)C1C#CC(O)CCC1CCCCC1. The maximum Gasteiger partial charge on any atom is 0.303 e. The molecular weight excluding hydrogens is 356 g/mol. The fourth-order valence-electron chi connectivity index (χ4n) is 4.48. The van der Waals surface area contributed by atoms with E-state index in [1.807, 2.05) is 12.2 Å². The van der Waals surface area contributed by atoms with E-state index in [0.29, 0.717) is 38.0 Å². The minimum atomic E-state index is -0.792. The van der Waals surface area contributed by atoms with Crippen LogP contribution in [0.15, 0.2) is 12.2 Å². The second-order valence-corrected chi connectivity index (χ2v) is 8.44. The van der Waals surface area contributed by atoms with Gasteiger partial charge in [0.25, 0.3) is 0 Å². The quantitative estimate of drug-likeness (QED) is 0.274. The van der Waals surface area contributed by atoms with E-state index < -0.39 is 24.3 Å². The summed E-state index contributed by atoms with van der Waals surface area (Å²) in [6.45, 7) is 0. The summed E-state index contributed by atoms with van der Waals surface area (Å²) >= 11 is 0. The summed E-state index contributed by atoms with van der Waals surface area (Å²) in [5, 5.41) is 39.3. The third-order valence-corrected chi connectivity index (χ3v) is 6.18. The van der Waals surface area contributed by atoms with Crippen LogP contribution < -0.4 is 0 Å². The van der Waals surface area contributed by atoms with Crippen molar-refractivity contribution >= 4 is 5.97 Å². The summed E-state index contributed by atoms with van der Waals surface area (Å²) in [5.74, 6) is 5.40. The summed E-state index contributed by atoms with van der Waals surface area (Å²) in [5.41, 5.74) is 0. The van der Waals surface area contributed by atoms with Crippen LogP contribution >= 0.6 is 0 Å². The molecular formula is C23H36O5. The molecule has 2 aliphatic carbocycles. The number of hydrogen-bond donors (Lipinski definition) is 4. The molecule has 5 nitrogen and oxygen atoms in total. The van der Waals surface area contributed by atoms with Crippen LogP contribution in [-0.2, 0) is 4.79 Å². The highest BCUT2D eigenvalue weighted by Crippen LogP contribution is 2.35. The first-order valence-corrected chi connectivity index (χ1v) is 10.9. The van der Waals surface area contributed by atoms with Crippen LogP contribution in [0.1, 0.15) is 77.0 Å². The summed E-state index contributed by atoms with van der Waals surface area (Å²) < 4.78 is 0. The average Bonchev–Trinajstić information content (AvgIpc) is 2.94. The van der Waals surface area contributed by atoms with E-state index >= 15 is 0 Å². The number of aliphatic hydroxyl groups is 3. The molecule has 158 valence electrons. The lowest BCUT2D eigenvalue weighted by molar-refractivity contribution is -0.137. The number of aliphatic hydroxyl groups excluding tert-OH is 3. The van der Waals surface area contributed by atoms with Crippen molar-refractivity contribution in [3.8, 4) is 11.8 Å². The highest BCUT2D eigenvalue weighted by atomic mass is 16.4. The first kappa shape index (κ1) is 22.9. The van der Waals surface area contributed by atoms with Gasteiger partial charge < -0.3 is 20.4 Å². The van der Waals surface area contributed by atoms with Crippen molar-refractivity contribution in [2.75, 3.05) is 0 Å². The Bertz CT molecular complexity index is 555. The van der Waals surface area contributed by atoms with Crippen LogP contribution in [0, 0.1) is 29.6 Å². The van der Waals surface area contributed by atoms with Crippen molar-refractivity contribution in [2.45, 2.75) is 95.4 Å². The predicted molar refractivity (Wildman–Crippen MR) is 108 cm³/mol. The molecule has 0 aliphatic heterocycles. The van der Waals surface area contributed by atoms with E-state index in [1.165, 1.54) is 32.1 Å². The predicted octanol–water partition coefficient (Wildman–Crippen LogP) is 3.27. The number of allylic oxidation sites excluding steroid dienone is 2. The monoisotopic (exact) mass is 392 g/mol. The van der Waals surface area contributed by atoms with Gasteiger partial charge in [-0.05, 0) is 38.0 Å². The van der Waals surface area contributed by atoms with Crippen LogP contribution in [0.3, 0.4) is 0 Å². The first-order chi connectivity index (χ1) is 13.5. The highest BCUT2D eigenvalue weighted by Gasteiger charge is 2.40. The molecule has 2 aliphatic rings. The largest absolute Gasteiger partial charge is 0.481 e. The number of aliphatic carboxylic acids is 1. The Labute approximate surface area is 168 Å². The minimum absolute atomic E-state index is 0.149. The minimum Gasteiger partial charge on any atom is -0.481 e. The average molecular weight is 393 g/mol. The van der Waals surface area contributed by atoms with Gasteiger partial charge in [0.05, 0.1) is 18.1 Å². The summed E-state index contributed by atoms with van der Waals surface area (Å²) in [6, 6.07) is 0. The van der Waals surface area contributed by atoms with Crippen molar-refractivity contribution in [3.05, 3.63) is 12.2 Å². The van der Waals surface area contributed by atoms with Crippen molar-refractivity contribution in [1.29, 1.82) is 0 Å². The molecule has 0 bridgehead atoms. The van der Waals surface area contributed by atoms with Gasteiger partial charge in [-0.2, -0.15) is 0 Å². The molecule has 2 rings (SSSR count). The van der Waals surface area contributed by atoms with E-state index in [9.17, 15) is 20.1 Å². The maximum atomic E-state index is 10.5. The van der Waals surface area contributed by atoms with Crippen molar-refractivity contribution < 1.29 is 25.2 Å². The van der Waals surface area contributed by atoms with Crippen molar-refractivity contribution in [3.63, 3.8) is 0 Å². The zero-order valence-corrected chi connectivity index (χ0v) is 16.8. The summed E-state index contributed by atoms with van der Waals surface area (Å²) in [6.07, 6.45) is 12.4. The molecule has 5 heteroatoms. The smallest absolute Gasteiger partial charge is 0.303 e. The number of hydrogen-bond acceptors (Lipinski definition) is 4. The molecule has 0 aromatic carbocycles. The lowest BCUT2D eigenvalue weighted by Crippen LogP contribution is -2.21. The molecule has 5 atom stereocenters. The molecule has 2 fully saturated rings. The lowest BCUT2D eigenvalue weighted by Gasteiger charge is -2.21. The number of carbonyl (C=O) groups is 1. The molecule has 0 saturated heterocycles. The van der Waals surface area contributed by atoms with Gasteiger partial charge in [0, 0.05) is 18.8 Å². The van der Waals surface area contributed by atoms with E-state index in [4.69, 9.17) is 5.11 Å². The molecule has 28 heavy (non-hydrogen) atoms. The number of carboxylic acid groups (broad SMARTS) is 1. The Kier molecular flexibility index (Phi) is 10.0. The lowest BCUT2D eigenvalue weighted by atomic mass is 9.85. The van der Waals surface area contributed by atoms with E-state index in [1.54, 1.807) is 0 Å². The molecule has 4 N–H and O–H groups in total. The second-order valence-electron chi connectivity index (χ2n) is 8.44. The molecule has 0 aromatic rings. The standard InChI is InChI=1S/C23H36O5/c24-18(13-12-17-8-4-3-5-9-17)14-15-20-19(21(25)16-22(20)26)10-6-1-2-7-11-23(27)28/h1,6,17-22,24-26H,2-5,7-13,16H2,(H,27,28). The Balaban J connectivity index is 1.79. The molecule has 0 radical (unpaired) electrons. The Morgan fingerprint density at radius 1 is 1.11 bits per heavy atom. The number of unbranched alkanes of at least 4 members (excludes halogenated alkanes) is 1. The van der Waals surface area contributed by atoms with Crippen LogP contribution in [0.4, 0.5) is 0 Å². The number of rotatable bonds is 9. The van der Waals surface area contributed by atoms with Crippen LogP contribution in [-0.4, -0.2) is 44.7 Å². The first-order valence-electron chi connectivity index (χ1n) is 10.9. The summed E-state index contributed by atoms with van der Waals surface area (Å²) in [7, 11) is 0. The molecule has 2 saturated carbocycles. The second kappa shape index (κ2) is 12.3. The van der Waals surface area contributed by atoms with Crippen molar-refractivity contribution in [2.24, 2.45) is 17.8 Å². The zero-order chi connectivity index (χ0) is 20.4. The van der Waals surface area contributed by atoms with Gasteiger partial charge in [-0.1, -0.05) is 56.1 Å². The topological polar surface area (TPSA) is 98.0 Å². The Morgan fingerprint density at radius 2 is 1.86 bits per heavy atom. The van der Waals surface area contributed by atoms with E-state index in [2.05, 4.69) is 11.8 Å². The Hall–Kier alpha value is -1.35. The fourth-order valence-corrected chi connectivity index (χ4v) is 4.48. The van der Waals surface area contributed by atoms with E-state index in [-0.39, 0.29) is 18.3 Å². The molecule has 0 heterocycles. The molecule has 0 amide bonds. The maximum absolute atomic E-state index is 10.5. The third-order valence-electron chi connectivity index (χ3n) is 6.18. The third kappa shape index (κ3) is 7.95. The van der Waals surface area contributed by atoms with Gasteiger partial charge in [-0.15, -0.1) is 0 Å². The fraction of sp³-hybridized carbons (Fsp3) is 0.783. The zero-order valence-electron chi connectivity index (χ0n) is 16.8. The van der Waals surface area contributed by atoms with Crippen molar-refractivity contribution in [1.82, 2.24) is 0 Å². The van der Waals surface area contributed by atoms with Crippen LogP contribution in [0.5, 0.6) is 0 Å². The normalized spacial score (nSPS) is 29.5. The van der Waals surface area contributed by atoms with E-state index in [0.717, 1.165) is 6.42 Å². The van der Waals surface area contributed by atoms with Gasteiger partial charge in [0.2, 0.25) is 0 Å². The molecule has 5 unspecified atom stereocenters. The summed E-state index contributed by atoms with van der Waals surface area (Å²) in [4.78, 5) is 10.5. The van der Waals surface area contributed by atoms with Crippen LogP contribution in [0.2, 0.25) is 0 Å². The molecule has 0 aromatic heterocycles. The number of carboxylic acids is 1. The Morgan fingerprint density at radius 3 is 2.57 bits per heavy atom. The van der Waals surface area contributed by atoms with Gasteiger partial charge in [0.15, 0.2) is 0 Å². The van der Waals surface area contributed by atoms with Crippen LogP contribution in [0.25, 0.3) is 0 Å². The molecule has 0 spiro atoms. The van der Waals surface area contributed by atoms with Gasteiger partial charge >= 0.3 is 5.97 Å². The van der Waals surface area contributed by atoms with Gasteiger partial charge in [-0.25, -0.2) is 0 Å².